The molecule has 0 bridgehead atoms. The Morgan fingerprint density at radius 2 is 1.95 bits per heavy atom. The fourth-order valence-corrected chi connectivity index (χ4v) is 1.95. The first kappa shape index (κ1) is 15.9. The van der Waals surface area contributed by atoms with Crippen molar-refractivity contribution < 1.29 is 22.4 Å². The number of benzene rings is 1. The molecule has 106 valence electrons. The summed E-state index contributed by atoms with van der Waals surface area (Å²) in [7, 11) is 0. The Balaban J connectivity index is 2.72. The molecule has 1 amide bonds. The molecule has 0 aromatic heterocycles. The molecular formula is C12H12BrF4NO. The quantitative estimate of drug-likeness (QED) is 0.575. The molecule has 1 aromatic rings. The zero-order valence-corrected chi connectivity index (χ0v) is 11.5. The van der Waals surface area contributed by atoms with Crippen molar-refractivity contribution in [2.75, 3.05) is 18.4 Å². The third-order valence-corrected chi connectivity index (χ3v) is 2.76. The fraction of sp³-hybridized carbons (Fsp3) is 0.417. The van der Waals surface area contributed by atoms with Gasteiger partial charge in [-0.3, -0.25) is 4.79 Å². The first-order valence-corrected chi connectivity index (χ1v) is 6.62. The van der Waals surface area contributed by atoms with Gasteiger partial charge in [0.2, 0.25) is 5.91 Å². The van der Waals surface area contributed by atoms with E-state index in [0.717, 1.165) is 17.0 Å². The van der Waals surface area contributed by atoms with Crippen LogP contribution in [0.4, 0.5) is 17.6 Å². The van der Waals surface area contributed by atoms with Crippen molar-refractivity contribution in [3.8, 4) is 0 Å². The minimum absolute atomic E-state index is 0.132. The molecule has 19 heavy (non-hydrogen) atoms. The van der Waals surface area contributed by atoms with Crippen LogP contribution in [-0.4, -0.2) is 35.7 Å². The number of amides is 1. The van der Waals surface area contributed by atoms with Crippen LogP contribution in [-0.2, 0) is 11.2 Å². The lowest BCUT2D eigenvalue weighted by molar-refractivity contribution is -0.132. The molecule has 0 aliphatic heterocycles. The number of hydrogen-bond acceptors (Lipinski definition) is 1. The second-order valence-electron chi connectivity index (χ2n) is 3.85. The maximum Gasteiger partial charge on any atom is 0.255 e. The van der Waals surface area contributed by atoms with Crippen molar-refractivity contribution in [1.29, 1.82) is 0 Å². The molecular weight excluding hydrogens is 330 g/mol. The highest BCUT2D eigenvalue weighted by atomic mass is 79.9. The predicted molar refractivity (Wildman–Crippen MR) is 66.4 cm³/mol. The first-order chi connectivity index (χ1) is 8.93. The van der Waals surface area contributed by atoms with E-state index in [0.29, 0.717) is 5.33 Å². The SMILES string of the molecule is O=C(Cc1ccc(F)c(F)c1)N(CCBr)CC(F)F. The number of carbonyl (C=O) groups is 1. The molecule has 0 saturated heterocycles. The maximum atomic E-state index is 13.0. The number of rotatable bonds is 6. The van der Waals surface area contributed by atoms with Crippen LogP contribution in [0.2, 0.25) is 0 Å². The molecule has 1 aromatic carbocycles. The van der Waals surface area contributed by atoms with Gasteiger partial charge >= 0.3 is 0 Å². The first-order valence-electron chi connectivity index (χ1n) is 5.50. The van der Waals surface area contributed by atoms with E-state index < -0.39 is 30.5 Å². The van der Waals surface area contributed by atoms with Gasteiger partial charge in [-0.05, 0) is 17.7 Å². The van der Waals surface area contributed by atoms with Crippen molar-refractivity contribution in [3.05, 3.63) is 35.4 Å². The number of nitrogens with zero attached hydrogens (tertiary/aromatic N) is 1. The summed E-state index contributed by atoms with van der Waals surface area (Å²) >= 11 is 3.07. The Morgan fingerprint density at radius 1 is 1.26 bits per heavy atom. The van der Waals surface area contributed by atoms with E-state index in [2.05, 4.69) is 15.9 Å². The molecule has 0 saturated carbocycles. The van der Waals surface area contributed by atoms with Gasteiger partial charge in [-0.25, -0.2) is 17.6 Å². The van der Waals surface area contributed by atoms with E-state index in [9.17, 15) is 22.4 Å². The van der Waals surface area contributed by atoms with E-state index in [-0.39, 0.29) is 18.5 Å². The summed E-state index contributed by atoms with van der Waals surface area (Å²) in [6, 6.07) is 3.05. The van der Waals surface area contributed by atoms with Crippen LogP contribution in [0.25, 0.3) is 0 Å². The maximum absolute atomic E-state index is 13.0. The molecule has 0 heterocycles. The highest BCUT2D eigenvalue weighted by molar-refractivity contribution is 9.09. The van der Waals surface area contributed by atoms with Crippen molar-refractivity contribution in [2.45, 2.75) is 12.8 Å². The normalized spacial score (nSPS) is 10.8. The molecule has 2 nitrogen and oxygen atoms in total. The summed E-state index contributed by atoms with van der Waals surface area (Å²) < 4.78 is 50.3. The molecule has 0 N–H and O–H groups in total. The van der Waals surface area contributed by atoms with Gasteiger partial charge in [0.25, 0.3) is 6.43 Å². The van der Waals surface area contributed by atoms with Gasteiger partial charge in [0.15, 0.2) is 11.6 Å². The Morgan fingerprint density at radius 3 is 2.47 bits per heavy atom. The minimum atomic E-state index is -2.63. The topological polar surface area (TPSA) is 20.3 Å². The van der Waals surface area contributed by atoms with Crippen LogP contribution in [0.1, 0.15) is 5.56 Å². The molecule has 0 aliphatic carbocycles. The summed E-state index contributed by atoms with van der Waals surface area (Å²) in [4.78, 5) is 12.8. The highest BCUT2D eigenvalue weighted by Gasteiger charge is 2.18. The lowest BCUT2D eigenvalue weighted by Gasteiger charge is -2.21. The van der Waals surface area contributed by atoms with Crippen LogP contribution in [0.5, 0.6) is 0 Å². The van der Waals surface area contributed by atoms with Crippen LogP contribution in [0.3, 0.4) is 0 Å². The standard InChI is InChI=1S/C12H12BrF4NO/c13-3-4-18(7-11(16)17)12(19)6-8-1-2-9(14)10(15)5-8/h1-2,5,11H,3-4,6-7H2. The molecule has 0 aliphatic rings. The summed E-state index contributed by atoms with van der Waals surface area (Å²) in [5.41, 5.74) is 0.248. The van der Waals surface area contributed by atoms with Crippen LogP contribution in [0, 0.1) is 11.6 Å². The van der Waals surface area contributed by atoms with Crippen molar-refractivity contribution in [1.82, 2.24) is 4.90 Å². The van der Waals surface area contributed by atoms with E-state index in [1.165, 1.54) is 6.07 Å². The molecule has 0 radical (unpaired) electrons. The average Bonchev–Trinajstić information content (AvgIpc) is 2.33. The molecule has 0 unspecified atom stereocenters. The molecule has 0 atom stereocenters. The van der Waals surface area contributed by atoms with Crippen molar-refractivity contribution in [2.24, 2.45) is 0 Å². The number of hydrogen-bond donors (Lipinski definition) is 0. The highest BCUT2D eigenvalue weighted by Crippen LogP contribution is 2.11. The number of halogens is 5. The van der Waals surface area contributed by atoms with Gasteiger partial charge < -0.3 is 4.90 Å². The second kappa shape index (κ2) is 7.47. The van der Waals surface area contributed by atoms with E-state index in [1.54, 1.807) is 0 Å². The van der Waals surface area contributed by atoms with Gasteiger partial charge in [0, 0.05) is 11.9 Å². The minimum Gasteiger partial charge on any atom is -0.336 e. The van der Waals surface area contributed by atoms with Crippen LogP contribution in [0.15, 0.2) is 18.2 Å². The summed E-state index contributed by atoms with van der Waals surface area (Å²) in [6.45, 7) is -0.541. The zero-order chi connectivity index (χ0) is 14.4. The van der Waals surface area contributed by atoms with E-state index in [4.69, 9.17) is 0 Å². The fourth-order valence-electron chi connectivity index (χ4n) is 1.52. The summed E-state index contributed by atoms with van der Waals surface area (Å²) in [6.07, 6.45) is -2.87. The smallest absolute Gasteiger partial charge is 0.255 e. The number of carbonyl (C=O) groups excluding carboxylic acids is 1. The zero-order valence-electron chi connectivity index (χ0n) is 9.88. The largest absolute Gasteiger partial charge is 0.336 e. The van der Waals surface area contributed by atoms with Gasteiger partial charge in [-0.1, -0.05) is 22.0 Å². The van der Waals surface area contributed by atoms with Gasteiger partial charge in [-0.2, -0.15) is 0 Å². The van der Waals surface area contributed by atoms with E-state index in [1.807, 2.05) is 0 Å². The Hall–Kier alpha value is -1.11. The lowest BCUT2D eigenvalue weighted by atomic mass is 10.1. The Bertz CT molecular complexity index is 442. The monoisotopic (exact) mass is 341 g/mol. The van der Waals surface area contributed by atoms with Crippen molar-refractivity contribution in [3.63, 3.8) is 0 Å². The summed E-state index contributed by atoms with van der Waals surface area (Å²) in [5, 5.41) is 0.364. The van der Waals surface area contributed by atoms with Gasteiger partial charge in [0.1, 0.15) is 0 Å². The molecule has 0 fully saturated rings. The Labute approximate surface area is 116 Å². The predicted octanol–water partition coefficient (Wildman–Crippen LogP) is 3.00. The molecule has 0 spiro atoms. The number of alkyl halides is 3. The average molecular weight is 342 g/mol. The summed E-state index contributed by atoms with van der Waals surface area (Å²) in [5.74, 6) is -2.63. The molecule has 1 rings (SSSR count). The van der Waals surface area contributed by atoms with Gasteiger partial charge in [-0.15, -0.1) is 0 Å². The second-order valence-corrected chi connectivity index (χ2v) is 4.64. The Kier molecular flexibility index (Phi) is 6.27. The van der Waals surface area contributed by atoms with E-state index >= 15 is 0 Å². The van der Waals surface area contributed by atoms with Crippen molar-refractivity contribution >= 4 is 21.8 Å². The molecule has 7 heteroatoms. The van der Waals surface area contributed by atoms with Crippen LogP contribution < -0.4 is 0 Å². The third kappa shape index (κ3) is 5.18. The van der Waals surface area contributed by atoms with Crippen LogP contribution >= 0.6 is 15.9 Å². The third-order valence-electron chi connectivity index (χ3n) is 2.40. The van der Waals surface area contributed by atoms with Gasteiger partial charge in [0.05, 0.1) is 13.0 Å². The lowest BCUT2D eigenvalue weighted by Crippen LogP contribution is -2.37.